The fourth-order valence-electron chi connectivity index (χ4n) is 2.16. The molecule has 1 aliphatic heterocycles. The zero-order valence-corrected chi connectivity index (χ0v) is 9.91. The molecule has 18 heavy (non-hydrogen) atoms. The summed E-state index contributed by atoms with van der Waals surface area (Å²) in [5.41, 5.74) is 7.77. The summed E-state index contributed by atoms with van der Waals surface area (Å²) in [4.78, 5) is 22.4. The Labute approximate surface area is 105 Å². The molecule has 1 amide bonds. The predicted molar refractivity (Wildman–Crippen MR) is 68.0 cm³/mol. The summed E-state index contributed by atoms with van der Waals surface area (Å²) < 4.78 is 0. The molecule has 0 radical (unpaired) electrons. The van der Waals surface area contributed by atoms with Gasteiger partial charge in [0.15, 0.2) is 0 Å². The molecule has 0 unspecified atom stereocenters. The van der Waals surface area contributed by atoms with Crippen LogP contribution in [0.2, 0.25) is 0 Å². The molecular formula is C13H14N4O. The summed E-state index contributed by atoms with van der Waals surface area (Å²) in [7, 11) is 0. The van der Waals surface area contributed by atoms with Gasteiger partial charge in [-0.15, -0.1) is 0 Å². The van der Waals surface area contributed by atoms with E-state index >= 15 is 0 Å². The maximum atomic E-state index is 12.2. The summed E-state index contributed by atoms with van der Waals surface area (Å²) in [6.07, 6.45) is 3.27. The van der Waals surface area contributed by atoms with E-state index in [2.05, 4.69) is 9.97 Å². The van der Waals surface area contributed by atoms with Crippen molar-refractivity contribution in [3.8, 4) is 0 Å². The van der Waals surface area contributed by atoms with Crippen LogP contribution >= 0.6 is 0 Å². The van der Waals surface area contributed by atoms with Gasteiger partial charge in [0, 0.05) is 37.0 Å². The zero-order chi connectivity index (χ0) is 12.5. The highest BCUT2D eigenvalue weighted by Crippen LogP contribution is 2.19. The first kappa shape index (κ1) is 11.1. The average molecular weight is 242 g/mol. The molecule has 1 aromatic heterocycles. The Bertz CT molecular complexity index is 592. The Kier molecular flexibility index (Phi) is 2.68. The van der Waals surface area contributed by atoms with Crippen LogP contribution in [0.5, 0.6) is 0 Å². The van der Waals surface area contributed by atoms with Gasteiger partial charge in [0.05, 0.1) is 11.0 Å². The van der Waals surface area contributed by atoms with Crippen LogP contribution in [0.25, 0.3) is 11.0 Å². The number of likely N-dealkylation sites (tertiary alicyclic amines) is 1. The van der Waals surface area contributed by atoms with Gasteiger partial charge in [0.2, 0.25) is 0 Å². The molecule has 5 nitrogen and oxygen atoms in total. The molecule has 1 fully saturated rings. The third-order valence-corrected chi connectivity index (χ3v) is 3.29. The van der Waals surface area contributed by atoms with Gasteiger partial charge >= 0.3 is 0 Å². The zero-order valence-electron chi connectivity index (χ0n) is 9.91. The van der Waals surface area contributed by atoms with Crippen LogP contribution in [0.1, 0.15) is 10.4 Å². The Morgan fingerprint density at radius 1 is 1.28 bits per heavy atom. The normalized spacial score (nSPS) is 15.7. The van der Waals surface area contributed by atoms with Gasteiger partial charge in [0.25, 0.3) is 5.91 Å². The Balaban J connectivity index is 1.84. The highest BCUT2D eigenvalue weighted by Gasteiger charge is 2.30. The molecule has 1 aliphatic rings. The van der Waals surface area contributed by atoms with Crippen molar-refractivity contribution in [1.82, 2.24) is 14.9 Å². The smallest absolute Gasteiger partial charge is 0.253 e. The van der Waals surface area contributed by atoms with E-state index in [0.717, 1.165) is 24.1 Å². The molecule has 2 heterocycles. The number of rotatable bonds is 2. The molecule has 0 spiro atoms. The van der Waals surface area contributed by atoms with Crippen LogP contribution < -0.4 is 5.73 Å². The van der Waals surface area contributed by atoms with Crippen LogP contribution in [-0.4, -0.2) is 40.4 Å². The van der Waals surface area contributed by atoms with Crippen molar-refractivity contribution in [2.45, 2.75) is 0 Å². The molecule has 0 bridgehead atoms. The number of hydrogen-bond donors (Lipinski definition) is 1. The van der Waals surface area contributed by atoms with Crippen LogP contribution in [0.15, 0.2) is 30.6 Å². The Morgan fingerprint density at radius 2 is 2.00 bits per heavy atom. The second-order valence-electron chi connectivity index (χ2n) is 4.57. The van der Waals surface area contributed by atoms with Crippen molar-refractivity contribution in [3.05, 3.63) is 36.2 Å². The molecule has 92 valence electrons. The molecule has 5 heteroatoms. The Morgan fingerprint density at radius 3 is 2.72 bits per heavy atom. The summed E-state index contributed by atoms with van der Waals surface area (Å²) in [5.74, 6) is 0.501. The summed E-state index contributed by atoms with van der Waals surface area (Å²) >= 11 is 0. The van der Waals surface area contributed by atoms with E-state index in [1.165, 1.54) is 0 Å². The summed E-state index contributed by atoms with van der Waals surface area (Å²) in [6, 6.07) is 5.42. The number of amides is 1. The first-order chi connectivity index (χ1) is 8.78. The van der Waals surface area contributed by atoms with Gasteiger partial charge in [0.1, 0.15) is 0 Å². The first-order valence-corrected chi connectivity index (χ1v) is 5.98. The predicted octanol–water partition coefficient (Wildman–Crippen LogP) is 0.660. The summed E-state index contributed by atoms with van der Waals surface area (Å²) in [5, 5.41) is 0. The maximum absolute atomic E-state index is 12.2. The molecule has 3 rings (SSSR count). The lowest BCUT2D eigenvalue weighted by Crippen LogP contribution is -2.52. The highest BCUT2D eigenvalue weighted by atomic mass is 16.2. The van der Waals surface area contributed by atoms with Crippen molar-refractivity contribution in [2.75, 3.05) is 19.6 Å². The Hall–Kier alpha value is -2.01. The van der Waals surface area contributed by atoms with Crippen molar-refractivity contribution < 1.29 is 4.79 Å². The quantitative estimate of drug-likeness (QED) is 0.839. The fourth-order valence-corrected chi connectivity index (χ4v) is 2.16. The van der Waals surface area contributed by atoms with Gasteiger partial charge in [-0.2, -0.15) is 0 Å². The van der Waals surface area contributed by atoms with Crippen molar-refractivity contribution in [3.63, 3.8) is 0 Å². The highest BCUT2D eigenvalue weighted by molar-refractivity contribution is 5.97. The minimum atomic E-state index is 0.0484. The lowest BCUT2D eigenvalue weighted by atomic mass is 9.99. The van der Waals surface area contributed by atoms with E-state index in [1.54, 1.807) is 24.5 Å². The van der Waals surface area contributed by atoms with E-state index in [-0.39, 0.29) is 5.91 Å². The molecule has 2 N–H and O–H groups in total. The summed E-state index contributed by atoms with van der Waals surface area (Å²) in [6.45, 7) is 2.16. The number of fused-ring (bicyclic) bond motifs is 1. The molecule has 1 saturated heterocycles. The maximum Gasteiger partial charge on any atom is 0.253 e. The van der Waals surface area contributed by atoms with Crippen molar-refractivity contribution >= 4 is 16.9 Å². The number of aromatic nitrogens is 2. The van der Waals surface area contributed by atoms with Gasteiger partial charge in [-0.1, -0.05) is 0 Å². The number of hydrogen-bond acceptors (Lipinski definition) is 4. The molecule has 0 atom stereocenters. The van der Waals surface area contributed by atoms with Crippen molar-refractivity contribution in [1.29, 1.82) is 0 Å². The fraction of sp³-hybridized carbons (Fsp3) is 0.308. The second-order valence-corrected chi connectivity index (χ2v) is 4.57. The second kappa shape index (κ2) is 4.34. The standard InChI is InChI=1S/C13H14N4O/c14-6-9-7-17(8-9)13(18)10-1-2-11-12(5-10)16-4-3-15-11/h1-5,9H,6-8,14H2. The van der Waals surface area contributed by atoms with E-state index < -0.39 is 0 Å². The minimum absolute atomic E-state index is 0.0484. The van der Waals surface area contributed by atoms with Crippen LogP contribution in [0, 0.1) is 5.92 Å². The molecule has 1 aromatic carbocycles. The third kappa shape index (κ3) is 1.82. The topological polar surface area (TPSA) is 72.1 Å². The number of carbonyl (C=O) groups excluding carboxylic acids is 1. The van der Waals surface area contributed by atoms with E-state index in [0.29, 0.717) is 18.0 Å². The van der Waals surface area contributed by atoms with Crippen LogP contribution in [-0.2, 0) is 0 Å². The van der Waals surface area contributed by atoms with Crippen molar-refractivity contribution in [2.24, 2.45) is 11.7 Å². The first-order valence-electron chi connectivity index (χ1n) is 5.98. The number of carbonyl (C=O) groups is 1. The molecule has 2 aromatic rings. The van der Waals surface area contributed by atoms with Gasteiger partial charge in [-0.05, 0) is 24.7 Å². The van der Waals surface area contributed by atoms with Gasteiger partial charge in [-0.25, -0.2) is 0 Å². The van der Waals surface area contributed by atoms with E-state index in [9.17, 15) is 4.79 Å². The lowest BCUT2D eigenvalue weighted by Gasteiger charge is -2.38. The molecule has 0 aliphatic carbocycles. The number of nitrogens with zero attached hydrogens (tertiary/aromatic N) is 3. The third-order valence-electron chi connectivity index (χ3n) is 3.29. The monoisotopic (exact) mass is 242 g/mol. The van der Waals surface area contributed by atoms with Gasteiger partial charge in [-0.3, -0.25) is 14.8 Å². The number of nitrogens with two attached hydrogens (primary N) is 1. The number of benzene rings is 1. The van der Waals surface area contributed by atoms with E-state index in [4.69, 9.17) is 5.73 Å². The molecular weight excluding hydrogens is 228 g/mol. The van der Waals surface area contributed by atoms with Crippen LogP contribution in [0.4, 0.5) is 0 Å². The molecule has 0 saturated carbocycles. The SMILES string of the molecule is NCC1CN(C(=O)c2ccc3nccnc3c2)C1. The lowest BCUT2D eigenvalue weighted by molar-refractivity contribution is 0.0515. The average Bonchev–Trinajstić information content (AvgIpc) is 2.37. The van der Waals surface area contributed by atoms with E-state index in [1.807, 2.05) is 11.0 Å². The van der Waals surface area contributed by atoms with Crippen LogP contribution in [0.3, 0.4) is 0 Å². The minimum Gasteiger partial charge on any atom is -0.338 e. The van der Waals surface area contributed by atoms with Gasteiger partial charge < -0.3 is 10.6 Å². The largest absolute Gasteiger partial charge is 0.338 e.